The monoisotopic (exact) mass is 328 g/mol. The van der Waals surface area contributed by atoms with Gasteiger partial charge in [-0.05, 0) is 48.6 Å². The highest BCUT2D eigenvalue weighted by molar-refractivity contribution is 7.09. The third-order valence-electron chi connectivity index (χ3n) is 3.05. The molecule has 0 aliphatic carbocycles. The number of carbonyl (C=O) groups excluding carboxylic acids is 2. The number of anilines is 1. The molecule has 5 nitrogen and oxygen atoms in total. The Bertz CT molecular complexity index is 688. The quantitative estimate of drug-likeness (QED) is 0.792. The summed E-state index contributed by atoms with van der Waals surface area (Å²) in [7, 11) is 0. The summed E-state index contributed by atoms with van der Waals surface area (Å²) in [6.07, 6.45) is 1.84. The third kappa shape index (κ3) is 5.93. The molecule has 0 saturated heterocycles. The van der Waals surface area contributed by atoms with Gasteiger partial charge in [0, 0.05) is 17.0 Å². The van der Waals surface area contributed by atoms with Crippen molar-refractivity contribution < 1.29 is 14.3 Å². The molecule has 0 spiro atoms. The molecule has 0 atom stereocenters. The van der Waals surface area contributed by atoms with Gasteiger partial charge in [0.15, 0.2) is 6.61 Å². The lowest BCUT2D eigenvalue weighted by Crippen LogP contribution is -2.20. The molecule has 1 heterocycles. The zero-order valence-corrected chi connectivity index (χ0v) is 13.3. The number of esters is 1. The summed E-state index contributed by atoms with van der Waals surface area (Å²) < 4.78 is 4.94. The SMILES string of the molecule is N#Cc1ccc(NC(=O)COC(=O)CCCc2cccs2)cc1. The van der Waals surface area contributed by atoms with Crippen LogP contribution in [0.4, 0.5) is 5.69 Å². The fourth-order valence-corrected chi connectivity index (χ4v) is 2.66. The number of aryl methyl sites for hydroxylation is 1. The normalized spacial score (nSPS) is 9.87. The Morgan fingerprint density at radius 1 is 1.22 bits per heavy atom. The van der Waals surface area contributed by atoms with E-state index in [9.17, 15) is 9.59 Å². The van der Waals surface area contributed by atoms with E-state index < -0.39 is 5.91 Å². The van der Waals surface area contributed by atoms with E-state index in [1.165, 1.54) is 4.88 Å². The number of hydrogen-bond acceptors (Lipinski definition) is 5. The molecule has 0 radical (unpaired) electrons. The van der Waals surface area contributed by atoms with Gasteiger partial charge in [-0.25, -0.2) is 0 Å². The standard InChI is InChI=1S/C17H16N2O3S/c18-11-13-6-8-14(9-7-13)19-16(20)12-22-17(21)5-1-3-15-4-2-10-23-15/h2,4,6-10H,1,3,5,12H2,(H,19,20). The molecule has 6 heteroatoms. The molecule has 118 valence electrons. The first-order valence-corrected chi connectivity index (χ1v) is 8.03. The summed E-state index contributed by atoms with van der Waals surface area (Å²) in [4.78, 5) is 24.5. The summed E-state index contributed by atoms with van der Waals surface area (Å²) >= 11 is 1.66. The van der Waals surface area contributed by atoms with Gasteiger partial charge in [-0.15, -0.1) is 11.3 Å². The number of benzene rings is 1. The molecule has 1 N–H and O–H groups in total. The van der Waals surface area contributed by atoms with E-state index in [-0.39, 0.29) is 12.6 Å². The van der Waals surface area contributed by atoms with Crippen molar-refractivity contribution in [1.82, 2.24) is 0 Å². The first-order chi connectivity index (χ1) is 11.2. The van der Waals surface area contributed by atoms with Crippen LogP contribution in [0.1, 0.15) is 23.3 Å². The van der Waals surface area contributed by atoms with Crippen LogP contribution < -0.4 is 5.32 Å². The molecule has 1 aromatic carbocycles. The van der Waals surface area contributed by atoms with Crippen LogP contribution in [-0.2, 0) is 20.7 Å². The van der Waals surface area contributed by atoms with Gasteiger partial charge < -0.3 is 10.1 Å². The van der Waals surface area contributed by atoms with Crippen molar-refractivity contribution in [2.75, 3.05) is 11.9 Å². The number of thiophene rings is 1. The Hall–Kier alpha value is -2.65. The number of rotatable bonds is 7. The Morgan fingerprint density at radius 2 is 2.00 bits per heavy atom. The number of nitrogens with zero attached hydrogens (tertiary/aromatic N) is 1. The van der Waals surface area contributed by atoms with Crippen molar-refractivity contribution in [3.63, 3.8) is 0 Å². The summed E-state index contributed by atoms with van der Waals surface area (Å²) in [5.74, 6) is -0.780. The first-order valence-electron chi connectivity index (χ1n) is 7.15. The summed E-state index contributed by atoms with van der Waals surface area (Å²) in [5.41, 5.74) is 1.07. The lowest BCUT2D eigenvalue weighted by molar-refractivity contribution is -0.147. The van der Waals surface area contributed by atoms with E-state index in [0.717, 1.165) is 6.42 Å². The minimum Gasteiger partial charge on any atom is -0.456 e. The molecule has 2 rings (SSSR count). The average Bonchev–Trinajstić information content (AvgIpc) is 3.07. The van der Waals surface area contributed by atoms with Gasteiger partial charge in [-0.1, -0.05) is 6.07 Å². The highest BCUT2D eigenvalue weighted by atomic mass is 32.1. The van der Waals surface area contributed by atoms with E-state index in [1.54, 1.807) is 35.6 Å². The smallest absolute Gasteiger partial charge is 0.306 e. The minimum absolute atomic E-state index is 0.294. The number of amides is 1. The van der Waals surface area contributed by atoms with Gasteiger partial charge in [0.05, 0.1) is 11.6 Å². The van der Waals surface area contributed by atoms with Gasteiger partial charge in [0.25, 0.3) is 5.91 Å². The number of nitrogens with one attached hydrogen (secondary N) is 1. The maximum Gasteiger partial charge on any atom is 0.306 e. The molecule has 2 aromatic rings. The molecule has 0 bridgehead atoms. The van der Waals surface area contributed by atoms with E-state index in [1.807, 2.05) is 23.6 Å². The lowest BCUT2D eigenvalue weighted by Gasteiger charge is -2.06. The molecule has 0 unspecified atom stereocenters. The molecule has 0 aliphatic heterocycles. The second kappa shape index (κ2) is 8.71. The van der Waals surface area contributed by atoms with Crippen LogP contribution >= 0.6 is 11.3 Å². The maximum absolute atomic E-state index is 11.7. The molecule has 0 fully saturated rings. The first kappa shape index (κ1) is 16.7. The largest absolute Gasteiger partial charge is 0.456 e. The number of nitriles is 1. The van der Waals surface area contributed by atoms with Crippen LogP contribution in [0.15, 0.2) is 41.8 Å². The molecular weight excluding hydrogens is 312 g/mol. The zero-order valence-electron chi connectivity index (χ0n) is 12.5. The summed E-state index contributed by atoms with van der Waals surface area (Å²) in [6, 6.07) is 12.5. The Labute approximate surface area is 138 Å². The van der Waals surface area contributed by atoms with Gasteiger partial charge in [-0.3, -0.25) is 9.59 Å². The van der Waals surface area contributed by atoms with E-state index in [4.69, 9.17) is 10.00 Å². The Morgan fingerprint density at radius 3 is 2.65 bits per heavy atom. The molecule has 0 saturated carbocycles. The fraction of sp³-hybridized carbons (Fsp3) is 0.235. The average molecular weight is 328 g/mol. The molecule has 0 aliphatic rings. The highest BCUT2D eigenvalue weighted by Gasteiger charge is 2.08. The van der Waals surface area contributed by atoms with Crippen molar-refractivity contribution in [2.45, 2.75) is 19.3 Å². The molecule has 1 amide bonds. The highest BCUT2D eigenvalue weighted by Crippen LogP contribution is 2.12. The van der Waals surface area contributed by atoms with E-state index in [2.05, 4.69) is 5.32 Å². The maximum atomic E-state index is 11.7. The Kier molecular flexibility index (Phi) is 6.33. The topological polar surface area (TPSA) is 79.2 Å². The molecular formula is C17H16N2O3S. The number of hydrogen-bond donors (Lipinski definition) is 1. The van der Waals surface area contributed by atoms with Gasteiger partial charge in [0.1, 0.15) is 0 Å². The van der Waals surface area contributed by atoms with E-state index >= 15 is 0 Å². The summed E-state index contributed by atoms with van der Waals surface area (Å²) in [5, 5.41) is 13.3. The van der Waals surface area contributed by atoms with Gasteiger partial charge in [-0.2, -0.15) is 5.26 Å². The van der Waals surface area contributed by atoms with Crippen LogP contribution in [0, 0.1) is 11.3 Å². The summed E-state index contributed by atoms with van der Waals surface area (Å²) in [6.45, 7) is -0.308. The predicted octanol–water partition coefficient (Wildman–Crippen LogP) is 3.12. The second-order valence-electron chi connectivity index (χ2n) is 4.83. The molecule has 23 heavy (non-hydrogen) atoms. The zero-order chi connectivity index (χ0) is 16.5. The number of ether oxygens (including phenoxy) is 1. The van der Waals surface area contributed by atoms with Crippen molar-refractivity contribution in [3.8, 4) is 6.07 Å². The van der Waals surface area contributed by atoms with Crippen molar-refractivity contribution in [3.05, 3.63) is 52.2 Å². The van der Waals surface area contributed by atoms with Gasteiger partial charge in [0.2, 0.25) is 0 Å². The lowest BCUT2D eigenvalue weighted by atomic mass is 10.2. The predicted molar refractivity (Wildman–Crippen MR) is 88.0 cm³/mol. The van der Waals surface area contributed by atoms with E-state index in [0.29, 0.717) is 24.1 Å². The van der Waals surface area contributed by atoms with Crippen LogP contribution in [0.25, 0.3) is 0 Å². The van der Waals surface area contributed by atoms with Crippen molar-refractivity contribution in [1.29, 1.82) is 5.26 Å². The van der Waals surface area contributed by atoms with Crippen molar-refractivity contribution in [2.24, 2.45) is 0 Å². The minimum atomic E-state index is -0.402. The van der Waals surface area contributed by atoms with Crippen LogP contribution in [0.3, 0.4) is 0 Å². The Balaban J connectivity index is 1.65. The van der Waals surface area contributed by atoms with Gasteiger partial charge >= 0.3 is 5.97 Å². The fourth-order valence-electron chi connectivity index (χ4n) is 1.91. The molecule has 1 aromatic heterocycles. The number of carbonyl (C=O) groups is 2. The second-order valence-corrected chi connectivity index (χ2v) is 5.86. The van der Waals surface area contributed by atoms with Crippen LogP contribution in [0.5, 0.6) is 0 Å². The van der Waals surface area contributed by atoms with Crippen LogP contribution in [-0.4, -0.2) is 18.5 Å². The van der Waals surface area contributed by atoms with Crippen molar-refractivity contribution >= 4 is 28.9 Å². The third-order valence-corrected chi connectivity index (χ3v) is 3.98. The van der Waals surface area contributed by atoms with Crippen LogP contribution in [0.2, 0.25) is 0 Å².